The predicted octanol–water partition coefficient (Wildman–Crippen LogP) is 5.26. The van der Waals surface area contributed by atoms with Crippen molar-refractivity contribution in [1.29, 1.82) is 0 Å². The number of nitro benzene ring substituents is 1. The van der Waals surface area contributed by atoms with Crippen LogP contribution in [-0.2, 0) is 27.4 Å². The summed E-state index contributed by atoms with van der Waals surface area (Å²) in [6.45, 7) is 0.723. The van der Waals surface area contributed by atoms with Gasteiger partial charge >= 0.3 is 6.16 Å². The third kappa shape index (κ3) is 7.82. The fourth-order valence-electron chi connectivity index (χ4n) is 2.74. The van der Waals surface area contributed by atoms with Crippen molar-refractivity contribution in [2.75, 3.05) is 6.61 Å². The first-order valence-corrected chi connectivity index (χ1v) is 10.0. The second-order valence-electron chi connectivity index (χ2n) is 6.76. The molecule has 8 nitrogen and oxygen atoms in total. The van der Waals surface area contributed by atoms with Gasteiger partial charge in [0.2, 0.25) is 0 Å². The number of rotatable bonds is 11. The first kappa shape index (κ1) is 22.9. The molecular formula is C24H23NO7. The molecule has 0 amide bonds. The van der Waals surface area contributed by atoms with E-state index in [-0.39, 0.29) is 18.0 Å². The molecule has 3 rings (SSSR count). The molecule has 0 aliphatic heterocycles. The van der Waals surface area contributed by atoms with Crippen molar-refractivity contribution >= 4 is 11.8 Å². The largest absolute Gasteiger partial charge is 0.513 e. The summed E-state index contributed by atoms with van der Waals surface area (Å²) in [7, 11) is 0. The van der Waals surface area contributed by atoms with E-state index in [1.807, 2.05) is 60.7 Å². The van der Waals surface area contributed by atoms with Gasteiger partial charge in [-0.1, -0.05) is 60.7 Å². The molecule has 32 heavy (non-hydrogen) atoms. The molecule has 8 heteroatoms. The fourth-order valence-corrected chi connectivity index (χ4v) is 2.74. The van der Waals surface area contributed by atoms with E-state index in [1.165, 1.54) is 24.3 Å². The highest BCUT2D eigenvalue weighted by molar-refractivity contribution is 5.63. The highest BCUT2D eigenvalue weighted by Gasteiger charge is 2.14. The predicted molar refractivity (Wildman–Crippen MR) is 116 cm³/mol. The van der Waals surface area contributed by atoms with Crippen molar-refractivity contribution in [2.24, 2.45) is 0 Å². The molecule has 0 aromatic heterocycles. The summed E-state index contributed by atoms with van der Waals surface area (Å²) in [5, 5.41) is 10.7. The lowest BCUT2D eigenvalue weighted by Gasteiger charge is -2.19. The van der Waals surface area contributed by atoms with E-state index in [0.29, 0.717) is 19.6 Å². The van der Waals surface area contributed by atoms with Crippen LogP contribution in [0.25, 0.3) is 0 Å². The Labute approximate surface area is 185 Å². The number of benzene rings is 3. The maximum absolute atomic E-state index is 11.9. The minimum absolute atomic E-state index is 0.0139. The van der Waals surface area contributed by atoms with Crippen molar-refractivity contribution in [3.8, 4) is 5.75 Å². The zero-order chi connectivity index (χ0) is 22.6. The third-order valence-corrected chi connectivity index (χ3v) is 4.38. The van der Waals surface area contributed by atoms with Gasteiger partial charge in [-0.15, -0.1) is 0 Å². The van der Waals surface area contributed by atoms with Crippen molar-refractivity contribution in [1.82, 2.24) is 0 Å². The van der Waals surface area contributed by atoms with Gasteiger partial charge < -0.3 is 18.9 Å². The van der Waals surface area contributed by atoms with Crippen LogP contribution in [0.4, 0.5) is 10.5 Å². The molecule has 0 N–H and O–H groups in total. The summed E-state index contributed by atoms with van der Waals surface area (Å²) in [6, 6.07) is 24.5. The minimum atomic E-state index is -0.913. The van der Waals surface area contributed by atoms with Gasteiger partial charge in [0, 0.05) is 18.6 Å². The maximum atomic E-state index is 11.9. The number of carbonyl (C=O) groups excluding carboxylic acids is 1. The summed E-state index contributed by atoms with van der Waals surface area (Å²) < 4.78 is 21.9. The van der Waals surface area contributed by atoms with Crippen LogP contribution in [0.5, 0.6) is 5.75 Å². The van der Waals surface area contributed by atoms with E-state index in [2.05, 4.69) is 0 Å². The molecule has 0 radical (unpaired) electrons. The molecule has 166 valence electrons. The first-order valence-electron chi connectivity index (χ1n) is 10.0. The van der Waals surface area contributed by atoms with Gasteiger partial charge in [-0.05, 0) is 23.3 Å². The second kappa shape index (κ2) is 12.2. The molecule has 0 saturated heterocycles. The number of non-ortho nitro benzene ring substituents is 1. The maximum Gasteiger partial charge on any atom is 0.513 e. The lowest BCUT2D eigenvalue weighted by molar-refractivity contribution is -0.384. The Balaban J connectivity index is 1.47. The summed E-state index contributed by atoms with van der Waals surface area (Å²) >= 11 is 0. The van der Waals surface area contributed by atoms with Gasteiger partial charge in [0.15, 0.2) is 6.29 Å². The molecule has 0 bridgehead atoms. The quantitative estimate of drug-likeness (QED) is 0.133. The molecule has 0 fully saturated rings. The molecule has 0 aliphatic carbocycles. The number of hydrogen-bond acceptors (Lipinski definition) is 7. The smallest absolute Gasteiger partial charge is 0.434 e. The Hall–Kier alpha value is -3.75. The molecule has 0 aliphatic rings. The monoisotopic (exact) mass is 437 g/mol. The topological polar surface area (TPSA) is 97.1 Å². The lowest BCUT2D eigenvalue weighted by atomic mass is 10.2. The van der Waals surface area contributed by atoms with Gasteiger partial charge in [0.1, 0.15) is 5.75 Å². The van der Waals surface area contributed by atoms with Crippen molar-refractivity contribution in [3.05, 3.63) is 106 Å². The molecule has 0 saturated carbocycles. The molecule has 0 atom stereocenters. The zero-order valence-corrected chi connectivity index (χ0v) is 17.3. The van der Waals surface area contributed by atoms with Crippen LogP contribution in [0.15, 0.2) is 84.9 Å². The normalized spacial score (nSPS) is 10.7. The zero-order valence-electron chi connectivity index (χ0n) is 17.3. The third-order valence-electron chi connectivity index (χ3n) is 4.38. The Morgan fingerprint density at radius 1 is 0.812 bits per heavy atom. The van der Waals surface area contributed by atoms with E-state index in [4.69, 9.17) is 18.9 Å². The van der Waals surface area contributed by atoms with Crippen molar-refractivity contribution in [3.63, 3.8) is 0 Å². The van der Waals surface area contributed by atoms with Crippen LogP contribution >= 0.6 is 0 Å². The van der Waals surface area contributed by atoms with Crippen LogP contribution in [0.2, 0.25) is 0 Å². The summed E-state index contributed by atoms with van der Waals surface area (Å²) in [6.07, 6.45) is -1.21. The summed E-state index contributed by atoms with van der Waals surface area (Å²) in [5.41, 5.74) is 1.90. The van der Waals surface area contributed by atoms with E-state index in [1.54, 1.807) is 0 Å². The Morgan fingerprint density at radius 2 is 1.34 bits per heavy atom. The van der Waals surface area contributed by atoms with Crippen LogP contribution < -0.4 is 4.74 Å². The average Bonchev–Trinajstić information content (AvgIpc) is 2.82. The van der Waals surface area contributed by atoms with Gasteiger partial charge in [-0.2, -0.15) is 0 Å². The van der Waals surface area contributed by atoms with E-state index in [0.717, 1.165) is 11.1 Å². The minimum Gasteiger partial charge on any atom is -0.434 e. The summed E-state index contributed by atoms with van der Waals surface area (Å²) in [4.78, 5) is 22.1. The molecular weight excluding hydrogens is 414 g/mol. The van der Waals surface area contributed by atoms with E-state index < -0.39 is 17.4 Å². The van der Waals surface area contributed by atoms with Crippen LogP contribution in [-0.4, -0.2) is 24.0 Å². The van der Waals surface area contributed by atoms with Crippen LogP contribution in [0.1, 0.15) is 17.5 Å². The number of ether oxygens (including phenoxy) is 4. The standard InChI is InChI=1S/C24H23NO7/c26-24(32-22-13-11-21(12-14-22)25(27)28)29-16-15-23(30-17-19-7-3-1-4-8-19)31-18-20-9-5-2-6-10-20/h1-14,23H,15-18H2. The van der Waals surface area contributed by atoms with Gasteiger partial charge in [-0.25, -0.2) is 4.79 Å². The molecule has 3 aromatic carbocycles. The molecule has 0 unspecified atom stereocenters. The van der Waals surface area contributed by atoms with Crippen LogP contribution in [0, 0.1) is 10.1 Å². The molecule has 0 heterocycles. The number of nitrogens with zero attached hydrogens (tertiary/aromatic N) is 1. The first-order chi connectivity index (χ1) is 15.6. The highest BCUT2D eigenvalue weighted by atomic mass is 16.7. The fraction of sp³-hybridized carbons (Fsp3) is 0.208. The van der Waals surface area contributed by atoms with Gasteiger partial charge in [-0.3, -0.25) is 10.1 Å². The molecule has 3 aromatic rings. The number of nitro groups is 1. The summed E-state index contributed by atoms with van der Waals surface area (Å²) in [5.74, 6) is 0.151. The Morgan fingerprint density at radius 3 is 1.84 bits per heavy atom. The highest BCUT2D eigenvalue weighted by Crippen LogP contribution is 2.18. The lowest BCUT2D eigenvalue weighted by Crippen LogP contribution is -2.21. The van der Waals surface area contributed by atoms with Crippen molar-refractivity contribution < 1.29 is 28.7 Å². The van der Waals surface area contributed by atoms with Gasteiger partial charge in [0.05, 0.1) is 24.7 Å². The van der Waals surface area contributed by atoms with E-state index in [9.17, 15) is 14.9 Å². The molecule has 0 spiro atoms. The van der Waals surface area contributed by atoms with Crippen molar-refractivity contribution in [2.45, 2.75) is 25.9 Å². The number of carbonyl (C=O) groups is 1. The Bertz CT molecular complexity index is 935. The number of hydrogen-bond donors (Lipinski definition) is 0. The second-order valence-corrected chi connectivity index (χ2v) is 6.76. The van der Waals surface area contributed by atoms with Crippen LogP contribution in [0.3, 0.4) is 0 Å². The average molecular weight is 437 g/mol. The Kier molecular flexibility index (Phi) is 8.73. The SMILES string of the molecule is O=C(OCCC(OCc1ccccc1)OCc1ccccc1)Oc1ccc([N+](=O)[O-])cc1. The van der Waals surface area contributed by atoms with Gasteiger partial charge in [0.25, 0.3) is 5.69 Å². The van der Waals surface area contributed by atoms with E-state index >= 15 is 0 Å².